The van der Waals surface area contributed by atoms with E-state index in [4.69, 9.17) is 14.2 Å². The highest BCUT2D eigenvalue weighted by Gasteiger charge is 2.56. The molecule has 4 atom stereocenters. The molecule has 172 valence electrons. The first-order chi connectivity index (χ1) is 15.5. The minimum Gasteiger partial charge on any atom is -0.508 e. The largest absolute Gasteiger partial charge is 0.508 e. The molecule has 2 fully saturated rings. The molecule has 6 nitrogen and oxygen atoms in total. The van der Waals surface area contributed by atoms with Gasteiger partial charge in [-0.25, -0.2) is 0 Å². The van der Waals surface area contributed by atoms with Gasteiger partial charge in [-0.1, -0.05) is 30.7 Å². The minimum absolute atomic E-state index is 0.0667. The van der Waals surface area contributed by atoms with Crippen molar-refractivity contribution in [2.24, 2.45) is 17.3 Å². The molecule has 2 heterocycles. The van der Waals surface area contributed by atoms with Crippen LogP contribution in [0.2, 0.25) is 0 Å². The van der Waals surface area contributed by atoms with Gasteiger partial charge in [-0.05, 0) is 61.8 Å². The fourth-order valence-corrected chi connectivity index (χ4v) is 6.62. The summed E-state index contributed by atoms with van der Waals surface area (Å²) in [6.07, 6.45) is 11.8. The molecule has 5 rings (SSSR count). The molecule has 2 N–H and O–H groups in total. The fourth-order valence-electron chi connectivity index (χ4n) is 6.62. The smallest absolute Gasteiger partial charge is 0.303 e. The lowest BCUT2D eigenvalue weighted by molar-refractivity contribution is -0.166. The van der Waals surface area contributed by atoms with Gasteiger partial charge in [0.15, 0.2) is 17.1 Å². The van der Waals surface area contributed by atoms with E-state index >= 15 is 0 Å². The van der Waals surface area contributed by atoms with Crippen molar-refractivity contribution in [2.75, 3.05) is 13.1 Å². The highest BCUT2D eigenvalue weighted by atomic mass is 16.7. The predicted molar refractivity (Wildman–Crippen MR) is 120 cm³/mol. The molecular weight excluding hydrogens is 406 g/mol. The van der Waals surface area contributed by atoms with Crippen LogP contribution in [0.4, 0.5) is 0 Å². The lowest BCUT2D eigenvalue weighted by atomic mass is 9.62. The summed E-state index contributed by atoms with van der Waals surface area (Å²) in [4.78, 5) is 12.1. The Labute approximate surface area is 189 Å². The Morgan fingerprint density at radius 3 is 2.62 bits per heavy atom. The summed E-state index contributed by atoms with van der Waals surface area (Å²) in [5.41, 5.74) is -0.884. The lowest BCUT2D eigenvalue weighted by Gasteiger charge is -2.46. The van der Waals surface area contributed by atoms with Crippen molar-refractivity contribution < 1.29 is 24.1 Å². The Kier molecular flexibility index (Phi) is 5.66. The third-order valence-corrected chi connectivity index (χ3v) is 7.99. The molecule has 0 spiro atoms. The zero-order valence-electron chi connectivity index (χ0n) is 18.7. The van der Waals surface area contributed by atoms with Crippen LogP contribution in [-0.4, -0.2) is 36.1 Å². The molecule has 1 saturated carbocycles. The Morgan fingerprint density at radius 2 is 1.97 bits per heavy atom. The number of esters is 1. The van der Waals surface area contributed by atoms with Gasteiger partial charge < -0.3 is 24.6 Å². The van der Waals surface area contributed by atoms with Gasteiger partial charge in [-0.15, -0.1) is 0 Å². The Bertz CT molecular complexity index is 894. The maximum atomic E-state index is 12.1. The number of carbonyl (C=O) groups excluding carboxylic acids is 1. The summed E-state index contributed by atoms with van der Waals surface area (Å²) in [5, 5.41) is 14.5. The van der Waals surface area contributed by atoms with E-state index < -0.39 is 5.60 Å². The van der Waals surface area contributed by atoms with Crippen molar-refractivity contribution in [2.45, 2.75) is 63.8 Å². The normalized spacial score (nSPS) is 34.0. The quantitative estimate of drug-likeness (QED) is 0.628. The number of hydrogen-bond acceptors (Lipinski definition) is 6. The predicted octanol–water partition coefficient (Wildman–Crippen LogP) is 4.66. The van der Waals surface area contributed by atoms with Crippen LogP contribution in [0.15, 0.2) is 48.3 Å². The molecule has 6 heteroatoms. The zero-order valence-corrected chi connectivity index (χ0v) is 18.7. The number of para-hydroxylation sites is 2. The molecule has 1 aromatic rings. The van der Waals surface area contributed by atoms with Gasteiger partial charge >= 0.3 is 5.97 Å². The third kappa shape index (κ3) is 3.68. The zero-order chi connectivity index (χ0) is 22.2. The summed E-state index contributed by atoms with van der Waals surface area (Å²) in [5.74, 6) is 1.92. The van der Waals surface area contributed by atoms with Crippen LogP contribution >= 0.6 is 0 Å². The molecule has 4 aliphatic rings. The van der Waals surface area contributed by atoms with Crippen LogP contribution in [0.25, 0.3) is 0 Å². The van der Waals surface area contributed by atoms with Gasteiger partial charge in [0, 0.05) is 32.2 Å². The van der Waals surface area contributed by atoms with Gasteiger partial charge in [0.05, 0.1) is 0 Å². The van der Waals surface area contributed by atoms with E-state index in [0.29, 0.717) is 12.3 Å². The van der Waals surface area contributed by atoms with Crippen LogP contribution in [0, 0.1) is 17.3 Å². The van der Waals surface area contributed by atoms with Crippen LogP contribution < -0.4 is 14.8 Å². The highest BCUT2D eigenvalue weighted by Crippen LogP contribution is 2.56. The summed E-state index contributed by atoms with van der Waals surface area (Å²) in [7, 11) is 0. The maximum Gasteiger partial charge on any atom is 0.303 e. The average Bonchev–Trinajstić information content (AvgIpc) is 3.52. The van der Waals surface area contributed by atoms with Crippen LogP contribution in [0.3, 0.4) is 0 Å². The van der Waals surface area contributed by atoms with E-state index in [-0.39, 0.29) is 29.4 Å². The number of nitrogens with one attached hydrogen (secondary N) is 1. The van der Waals surface area contributed by atoms with Crippen molar-refractivity contribution in [1.29, 1.82) is 0 Å². The van der Waals surface area contributed by atoms with Crippen LogP contribution in [-0.2, 0) is 9.53 Å². The summed E-state index contributed by atoms with van der Waals surface area (Å²) in [6.45, 7) is 3.36. The molecule has 32 heavy (non-hydrogen) atoms. The summed E-state index contributed by atoms with van der Waals surface area (Å²) < 4.78 is 18.0. The Hall–Kier alpha value is -2.47. The van der Waals surface area contributed by atoms with Gasteiger partial charge in [-0.3, -0.25) is 4.79 Å². The Morgan fingerprint density at radius 1 is 1.22 bits per heavy atom. The lowest BCUT2D eigenvalue weighted by Crippen LogP contribution is -2.50. The molecule has 0 radical (unpaired) electrons. The number of fused-ring (bicyclic) bond motifs is 1. The van der Waals surface area contributed by atoms with Crippen LogP contribution in [0.5, 0.6) is 11.5 Å². The van der Waals surface area contributed by atoms with Crippen LogP contribution in [0.1, 0.15) is 51.9 Å². The molecule has 3 unspecified atom stereocenters. The molecule has 0 aromatic heterocycles. The van der Waals surface area contributed by atoms with E-state index in [0.717, 1.165) is 63.1 Å². The Balaban J connectivity index is 1.37. The van der Waals surface area contributed by atoms with Crippen molar-refractivity contribution in [3.05, 3.63) is 48.3 Å². The number of allylic oxidation sites excluding steroid dienone is 2. The number of rotatable bonds is 6. The molecular formula is C26H33NO5. The topological polar surface area (TPSA) is 77.0 Å². The van der Waals surface area contributed by atoms with Crippen molar-refractivity contribution in [1.82, 2.24) is 5.32 Å². The minimum atomic E-state index is -0.950. The van der Waals surface area contributed by atoms with E-state index in [1.54, 1.807) is 6.08 Å². The number of aliphatic hydroxyl groups is 1. The third-order valence-electron chi connectivity index (χ3n) is 7.99. The molecule has 2 aliphatic heterocycles. The second-order valence-corrected chi connectivity index (χ2v) is 9.75. The highest BCUT2D eigenvalue weighted by molar-refractivity contribution is 5.67. The standard InChI is InChI=1S/C26H33NO5/c1-18(28)32-26(13-5-4-11-23(26)29)20-8-6-7-19(20)25(15-16-27-17-25)14-12-24-30-21-9-2-3-10-22(21)31-24/h2-5,9-11,19-20,24,27,29H,6-8,12-17H2,1H3/t19?,20?,25-,26?/m1/s1. The van der Waals surface area contributed by atoms with Crippen molar-refractivity contribution in [3.63, 3.8) is 0 Å². The molecule has 1 saturated heterocycles. The average molecular weight is 440 g/mol. The molecule has 0 amide bonds. The number of ether oxygens (including phenoxy) is 3. The second kappa shape index (κ2) is 8.47. The molecule has 1 aromatic carbocycles. The summed E-state index contributed by atoms with van der Waals surface area (Å²) in [6, 6.07) is 7.82. The first-order valence-electron chi connectivity index (χ1n) is 11.9. The van der Waals surface area contributed by atoms with E-state index in [1.807, 2.05) is 36.4 Å². The van der Waals surface area contributed by atoms with Crippen molar-refractivity contribution >= 4 is 5.97 Å². The number of benzene rings is 1. The number of carbonyl (C=O) groups is 1. The monoisotopic (exact) mass is 439 g/mol. The number of hydrogen-bond donors (Lipinski definition) is 2. The maximum absolute atomic E-state index is 12.1. The summed E-state index contributed by atoms with van der Waals surface area (Å²) >= 11 is 0. The van der Waals surface area contributed by atoms with E-state index in [2.05, 4.69) is 5.32 Å². The fraction of sp³-hybridized carbons (Fsp3) is 0.577. The first-order valence-corrected chi connectivity index (χ1v) is 11.9. The van der Waals surface area contributed by atoms with Crippen molar-refractivity contribution in [3.8, 4) is 11.5 Å². The van der Waals surface area contributed by atoms with Gasteiger partial charge in [0.2, 0.25) is 6.29 Å². The van der Waals surface area contributed by atoms with Gasteiger partial charge in [0.1, 0.15) is 5.76 Å². The second-order valence-electron chi connectivity index (χ2n) is 9.75. The molecule has 0 bridgehead atoms. The first kappa shape index (κ1) is 21.4. The molecule has 2 aliphatic carbocycles. The SMILES string of the molecule is CC(=O)OC1(C2CCCC2[C@]2(CCC3Oc4ccccc4O3)CCNC2)CC=CC=C1O. The van der Waals surface area contributed by atoms with E-state index in [1.165, 1.54) is 6.92 Å². The van der Waals surface area contributed by atoms with Gasteiger partial charge in [0.25, 0.3) is 0 Å². The van der Waals surface area contributed by atoms with Gasteiger partial charge in [-0.2, -0.15) is 0 Å². The van der Waals surface area contributed by atoms with E-state index in [9.17, 15) is 9.90 Å². The number of aliphatic hydroxyl groups excluding tert-OH is 1.